The number of fused-ring (bicyclic) bond motifs is 1. The van der Waals surface area contributed by atoms with Crippen molar-refractivity contribution >= 4 is 34.8 Å². The fraction of sp³-hybridized carbons (Fsp3) is 0.385. The summed E-state index contributed by atoms with van der Waals surface area (Å²) in [5, 5.41) is 10.1. The highest BCUT2D eigenvalue weighted by molar-refractivity contribution is 7.18. The molecule has 1 aromatic heterocycles. The second-order valence-corrected chi connectivity index (χ2v) is 9.70. The lowest BCUT2D eigenvalue weighted by molar-refractivity contribution is -0.146. The number of allylic oxidation sites excluding steroid dienone is 1. The van der Waals surface area contributed by atoms with Gasteiger partial charge in [0, 0.05) is 4.88 Å². The van der Waals surface area contributed by atoms with Gasteiger partial charge in [-0.3, -0.25) is 25.1 Å². The van der Waals surface area contributed by atoms with Crippen LogP contribution in [0.3, 0.4) is 0 Å². The highest BCUT2D eigenvalue weighted by atomic mass is 32.1. The Kier molecular flexibility index (Phi) is 8.39. The van der Waals surface area contributed by atoms with Gasteiger partial charge in [0.2, 0.25) is 0 Å². The van der Waals surface area contributed by atoms with Crippen molar-refractivity contribution in [3.63, 3.8) is 0 Å². The van der Waals surface area contributed by atoms with Gasteiger partial charge in [-0.15, -0.1) is 17.9 Å². The molecule has 1 aliphatic heterocycles. The van der Waals surface area contributed by atoms with E-state index in [1.165, 1.54) is 11.3 Å². The molecule has 1 unspecified atom stereocenters. The molecule has 34 heavy (non-hydrogen) atoms. The van der Waals surface area contributed by atoms with Gasteiger partial charge in [0.25, 0.3) is 11.8 Å². The van der Waals surface area contributed by atoms with E-state index in [1.807, 2.05) is 30.3 Å². The molecule has 0 bridgehead atoms. The minimum absolute atomic E-state index is 0.0951. The number of nitrogens with one attached hydrogen (secondary N) is 2. The van der Waals surface area contributed by atoms with Gasteiger partial charge >= 0.3 is 5.97 Å². The second kappa shape index (κ2) is 11.2. The van der Waals surface area contributed by atoms with E-state index < -0.39 is 11.8 Å². The summed E-state index contributed by atoms with van der Waals surface area (Å²) in [4.78, 5) is 36.9. The normalized spacial score (nSPS) is 14.7. The Hall–Kier alpha value is -3.26. The molecule has 3 rings (SSSR count). The van der Waals surface area contributed by atoms with Crippen LogP contribution in [0.5, 0.6) is 5.75 Å². The largest absolute Gasteiger partial charge is 0.494 e. The molecule has 0 aliphatic carbocycles. The lowest BCUT2D eigenvalue weighted by Crippen LogP contribution is -2.41. The number of hydrogen-bond donors (Lipinski definition) is 2. The van der Waals surface area contributed by atoms with Gasteiger partial charge in [-0.25, -0.2) is 0 Å². The molecule has 1 aliphatic rings. The van der Waals surface area contributed by atoms with Gasteiger partial charge in [0.1, 0.15) is 11.5 Å². The van der Waals surface area contributed by atoms with Gasteiger partial charge in [0.05, 0.1) is 30.1 Å². The van der Waals surface area contributed by atoms with Crippen molar-refractivity contribution in [1.29, 1.82) is 5.41 Å². The van der Waals surface area contributed by atoms with Gasteiger partial charge < -0.3 is 9.47 Å². The quantitative estimate of drug-likeness (QED) is 0.189. The predicted octanol–water partition coefficient (Wildman–Crippen LogP) is 5.14. The molecule has 1 atom stereocenters. The summed E-state index contributed by atoms with van der Waals surface area (Å²) in [5.74, 6) is -0.599. The third-order valence-corrected chi connectivity index (χ3v) is 7.13. The molecule has 180 valence electrons. The molecule has 7 nitrogen and oxygen atoms in total. The molecule has 2 N–H and O–H groups in total. The summed E-state index contributed by atoms with van der Waals surface area (Å²) in [6, 6.07) is 9.15. The van der Waals surface area contributed by atoms with E-state index in [0.29, 0.717) is 35.8 Å². The molecular formula is C26H30N2O5S. The topological polar surface area (TPSA) is 106 Å². The summed E-state index contributed by atoms with van der Waals surface area (Å²) in [6.07, 6.45) is 5.42. The number of thiophene rings is 1. The maximum absolute atomic E-state index is 12.1. The van der Waals surface area contributed by atoms with E-state index in [9.17, 15) is 14.4 Å². The number of imide groups is 1. The molecule has 2 heterocycles. The van der Waals surface area contributed by atoms with E-state index in [0.717, 1.165) is 36.1 Å². The average Bonchev–Trinajstić information content (AvgIpc) is 3.27. The van der Waals surface area contributed by atoms with Crippen molar-refractivity contribution in [2.75, 3.05) is 13.2 Å². The Morgan fingerprint density at radius 1 is 1.18 bits per heavy atom. The molecule has 8 heteroatoms. The van der Waals surface area contributed by atoms with Crippen LogP contribution in [0.15, 0.2) is 43.0 Å². The zero-order valence-corrected chi connectivity index (χ0v) is 20.4. The lowest BCUT2D eigenvalue weighted by Gasteiger charge is -2.25. The lowest BCUT2D eigenvalue weighted by atomic mass is 9.81. The standard InChI is InChI=1S/C26H30N2O5S/c1-4-12-26(3,5-2)16-21(29)33-14-7-6-13-32-18-10-8-17(9-11-18)20-15-19-23(34-20)22(27)25(31)28-24(19)30/h4,8-11,15,27H,1,5-7,12-14,16H2,2-3H3,(H,28,30,31). The Labute approximate surface area is 203 Å². The Bertz CT molecular complexity index is 1090. The van der Waals surface area contributed by atoms with Crippen molar-refractivity contribution in [2.24, 2.45) is 5.41 Å². The molecular weight excluding hydrogens is 452 g/mol. The van der Waals surface area contributed by atoms with Crippen LogP contribution < -0.4 is 10.1 Å². The SMILES string of the molecule is C=CCC(C)(CC)CC(=O)OCCCCOc1ccc(-c2cc3c(s2)C(=N)C(=O)NC3=O)cc1. The van der Waals surface area contributed by atoms with Crippen LogP contribution in [0.1, 0.15) is 61.2 Å². The maximum atomic E-state index is 12.1. The van der Waals surface area contributed by atoms with Crippen LogP contribution in [0.4, 0.5) is 0 Å². The molecule has 0 fully saturated rings. The van der Waals surface area contributed by atoms with Gasteiger partial charge in [0.15, 0.2) is 0 Å². The van der Waals surface area contributed by atoms with Crippen molar-refractivity contribution in [2.45, 2.75) is 46.0 Å². The van der Waals surface area contributed by atoms with E-state index >= 15 is 0 Å². The van der Waals surface area contributed by atoms with Crippen molar-refractivity contribution in [3.8, 4) is 16.2 Å². The Morgan fingerprint density at radius 3 is 2.56 bits per heavy atom. The molecule has 2 amide bonds. The van der Waals surface area contributed by atoms with E-state index in [-0.39, 0.29) is 17.1 Å². The fourth-order valence-electron chi connectivity index (χ4n) is 3.61. The Balaban J connectivity index is 1.42. The third kappa shape index (κ3) is 6.20. The van der Waals surface area contributed by atoms with E-state index in [2.05, 4.69) is 25.7 Å². The van der Waals surface area contributed by atoms with Crippen LogP contribution in [-0.2, 0) is 14.3 Å². The number of esters is 1. The van der Waals surface area contributed by atoms with Crippen LogP contribution in [0, 0.1) is 10.8 Å². The summed E-state index contributed by atoms with van der Waals surface area (Å²) >= 11 is 1.25. The molecule has 0 radical (unpaired) electrons. The summed E-state index contributed by atoms with van der Waals surface area (Å²) in [5.41, 5.74) is 0.947. The summed E-state index contributed by atoms with van der Waals surface area (Å²) in [7, 11) is 0. The van der Waals surface area contributed by atoms with Crippen LogP contribution in [0.25, 0.3) is 10.4 Å². The monoisotopic (exact) mass is 482 g/mol. The summed E-state index contributed by atoms with van der Waals surface area (Å²) in [6.45, 7) is 8.79. The molecule has 0 saturated carbocycles. The molecule has 0 spiro atoms. The van der Waals surface area contributed by atoms with Crippen LogP contribution >= 0.6 is 11.3 Å². The van der Waals surface area contributed by atoms with Gasteiger partial charge in [-0.1, -0.05) is 19.9 Å². The first-order valence-corrected chi connectivity index (χ1v) is 12.2. The number of ether oxygens (including phenoxy) is 2. The first kappa shape index (κ1) is 25.4. The number of rotatable bonds is 12. The smallest absolute Gasteiger partial charge is 0.306 e. The maximum Gasteiger partial charge on any atom is 0.306 e. The third-order valence-electron chi connectivity index (χ3n) is 5.93. The molecule has 2 aromatic rings. The van der Waals surface area contributed by atoms with E-state index in [4.69, 9.17) is 14.9 Å². The molecule has 1 aromatic carbocycles. The number of amides is 2. The van der Waals surface area contributed by atoms with Crippen molar-refractivity contribution < 1.29 is 23.9 Å². The first-order chi connectivity index (χ1) is 16.3. The number of unbranched alkanes of at least 4 members (excludes halogenated alkanes) is 1. The van der Waals surface area contributed by atoms with E-state index in [1.54, 1.807) is 6.07 Å². The number of carbonyl (C=O) groups is 3. The van der Waals surface area contributed by atoms with Gasteiger partial charge in [-0.05, 0) is 67.0 Å². The first-order valence-electron chi connectivity index (χ1n) is 11.3. The van der Waals surface area contributed by atoms with Crippen LogP contribution in [0.2, 0.25) is 0 Å². The zero-order valence-electron chi connectivity index (χ0n) is 19.6. The summed E-state index contributed by atoms with van der Waals surface area (Å²) < 4.78 is 11.1. The fourth-order valence-corrected chi connectivity index (χ4v) is 4.72. The second-order valence-electron chi connectivity index (χ2n) is 8.65. The highest BCUT2D eigenvalue weighted by Gasteiger charge is 2.30. The van der Waals surface area contributed by atoms with Crippen molar-refractivity contribution in [1.82, 2.24) is 5.32 Å². The van der Waals surface area contributed by atoms with Crippen molar-refractivity contribution in [3.05, 3.63) is 53.4 Å². The molecule has 0 saturated heterocycles. The zero-order chi connectivity index (χ0) is 24.7. The Morgan fingerprint density at radius 2 is 1.88 bits per heavy atom. The van der Waals surface area contributed by atoms with Crippen LogP contribution in [-0.4, -0.2) is 36.7 Å². The highest BCUT2D eigenvalue weighted by Crippen LogP contribution is 2.34. The minimum Gasteiger partial charge on any atom is -0.494 e. The number of hydrogen-bond acceptors (Lipinski definition) is 7. The van der Waals surface area contributed by atoms with Gasteiger partial charge in [-0.2, -0.15) is 0 Å². The minimum atomic E-state index is -0.670. The number of carbonyl (C=O) groups excluding carboxylic acids is 3. The number of benzene rings is 1. The predicted molar refractivity (Wildman–Crippen MR) is 133 cm³/mol. The average molecular weight is 483 g/mol.